The molecule has 0 saturated heterocycles. The van der Waals surface area contributed by atoms with Crippen LogP contribution in [0.5, 0.6) is 0 Å². The third-order valence-electron chi connectivity index (χ3n) is 0. The molecule has 0 aliphatic carbocycles. The summed E-state index contributed by atoms with van der Waals surface area (Å²) in [5.74, 6) is 0. The first-order valence-corrected chi connectivity index (χ1v) is 1.80. The summed E-state index contributed by atoms with van der Waals surface area (Å²) in [5.41, 5.74) is 0. The van der Waals surface area contributed by atoms with Gasteiger partial charge < -0.3 is 0 Å². The van der Waals surface area contributed by atoms with Gasteiger partial charge in [0, 0.05) is 0 Å². The molecule has 0 aliphatic rings. The molecule has 0 nitrogen and oxygen atoms in total. The third kappa shape index (κ3) is 21.8. The number of hydrogen-bond donors (Lipinski definition) is 2. The van der Waals surface area contributed by atoms with Crippen LogP contribution in [0.4, 0.5) is 0 Å². The first kappa shape index (κ1) is 26.5. The standard InChI is InChI=1S/Li.H2S2.2H2Se.H/c;1-2;;;/h;1-2H;2*1H2;. The Kier molecular flexibility index (Phi) is 175. The average molecular weight is 236 g/mol. The third-order valence-corrected chi connectivity index (χ3v) is 0. The number of thiol groups is 2. The SMILES string of the molecule is SS.[LiH].[SeH2].[SeH2]. The summed E-state index contributed by atoms with van der Waals surface area (Å²) in [6.07, 6.45) is 0. The summed E-state index contributed by atoms with van der Waals surface area (Å²) < 4.78 is 0. The van der Waals surface area contributed by atoms with Crippen molar-refractivity contribution in [3.8, 4) is 0 Å². The zero-order chi connectivity index (χ0) is 2.00. The molecule has 5 heavy (non-hydrogen) atoms. The van der Waals surface area contributed by atoms with E-state index < -0.39 is 0 Å². The van der Waals surface area contributed by atoms with Crippen molar-refractivity contribution in [2.75, 3.05) is 0 Å². The van der Waals surface area contributed by atoms with Gasteiger partial charge in [-0.05, 0) is 0 Å². The van der Waals surface area contributed by atoms with E-state index in [0.29, 0.717) is 0 Å². The molecule has 5 heteroatoms. The van der Waals surface area contributed by atoms with Crippen LogP contribution in [0.2, 0.25) is 0 Å². The number of rotatable bonds is 0. The maximum atomic E-state index is 3.22. The Hall–Kier alpha value is 2.34. The van der Waals surface area contributed by atoms with Crippen LogP contribution in [-0.4, -0.2) is 53.0 Å². The van der Waals surface area contributed by atoms with Gasteiger partial charge in [-0.3, -0.25) is 0 Å². The van der Waals surface area contributed by atoms with Crippen molar-refractivity contribution < 1.29 is 0 Å². The van der Waals surface area contributed by atoms with Gasteiger partial charge in [0.15, 0.2) is 0 Å². The second-order valence-electron chi connectivity index (χ2n) is 0. The van der Waals surface area contributed by atoms with Crippen molar-refractivity contribution in [3.05, 3.63) is 0 Å². The van der Waals surface area contributed by atoms with E-state index in [1.54, 1.807) is 0 Å². The van der Waals surface area contributed by atoms with Crippen LogP contribution in [0.25, 0.3) is 0 Å². The Morgan fingerprint density at radius 1 is 0.800 bits per heavy atom. The molecule has 0 N–H and O–H groups in total. The predicted octanol–water partition coefficient (Wildman–Crippen LogP) is -1.72. The first-order chi connectivity index (χ1) is 1.00. The average Bonchev–Trinajstić information content (AvgIpc) is 1.00. The predicted molar refractivity (Wildman–Crippen MR) is 42.2 cm³/mol. The van der Waals surface area contributed by atoms with E-state index in [9.17, 15) is 0 Å². The molecule has 0 bridgehead atoms. The first-order valence-electron chi connectivity index (χ1n) is 0.200. The van der Waals surface area contributed by atoms with Crippen molar-refractivity contribution in [2.24, 2.45) is 0 Å². The van der Waals surface area contributed by atoms with Crippen LogP contribution in [0, 0.1) is 0 Å². The van der Waals surface area contributed by atoms with E-state index in [1.165, 1.54) is 0 Å². The summed E-state index contributed by atoms with van der Waals surface area (Å²) in [6.45, 7) is 0. The van der Waals surface area contributed by atoms with Crippen LogP contribution in [-0.2, 0) is 0 Å². The molecule has 0 amide bonds. The van der Waals surface area contributed by atoms with Crippen LogP contribution >= 0.6 is 23.3 Å². The molecule has 32 valence electrons. The summed E-state index contributed by atoms with van der Waals surface area (Å²) in [7, 11) is 0. The van der Waals surface area contributed by atoms with Gasteiger partial charge in [0.2, 0.25) is 0 Å². The molecule has 0 radical (unpaired) electrons. The van der Waals surface area contributed by atoms with Crippen molar-refractivity contribution >= 4 is 76.3 Å². The summed E-state index contributed by atoms with van der Waals surface area (Å²) >= 11 is 6.44. The second-order valence-corrected chi connectivity index (χ2v) is 0. The Morgan fingerprint density at radius 3 is 0.800 bits per heavy atom. The Bertz CT molecular complexity index is 7.61. The van der Waals surface area contributed by atoms with Gasteiger partial charge >= 0.3 is 53.0 Å². The normalized spacial score (nSPS) is 1.20. The molecule has 0 heterocycles. The zero-order valence-electron chi connectivity index (χ0n) is 1.89. The zero-order valence-corrected chi connectivity index (χ0v) is 7.88. The van der Waals surface area contributed by atoms with Gasteiger partial charge in [-0.2, -0.15) is 0 Å². The van der Waals surface area contributed by atoms with Crippen LogP contribution in [0.3, 0.4) is 0 Å². The molecular weight excluding hydrogens is 229 g/mol. The molecule has 0 saturated carbocycles. The van der Waals surface area contributed by atoms with E-state index in [4.69, 9.17) is 0 Å². The van der Waals surface area contributed by atoms with E-state index >= 15 is 0 Å². The van der Waals surface area contributed by atoms with E-state index in [0.717, 1.165) is 0 Å². The molecule has 0 aromatic carbocycles. The van der Waals surface area contributed by atoms with Crippen LogP contribution in [0.15, 0.2) is 0 Å². The van der Waals surface area contributed by atoms with Crippen molar-refractivity contribution in [2.45, 2.75) is 0 Å². The molecule has 0 aromatic rings. The topological polar surface area (TPSA) is 0 Å². The summed E-state index contributed by atoms with van der Waals surface area (Å²) in [5, 5.41) is 0. The molecular formula is H7LiS2Se2. The van der Waals surface area contributed by atoms with E-state index in [1.807, 2.05) is 0 Å². The monoisotopic (exact) mass is 238 g/mol. The Labute approximate surface area is 75.6 Å². The fourth-order valence-corrected chi connectivity index (χ4v) is 0. The van der Waals surface area contributed by atoms with Crippen LogP contribution in [0.1, 0.15) is 0 Å². The van der Waals surface area contributed by atoms with Gasteiger partial charge in [-0.1, -0.05) is 0 Å². The van der Waals surface area contributed by atoms with Crippen LogP contribution < -0.4 is 0 Å². The van der Waals surface area contributed by atoms with Gasteiger partial charge in [0.05, 0.1) is 0 Å². The second kappa shape index (κ2) is 33.1. The fourth-order valence-electron chi connectivity index (χ4n) is 0. The molecule has 0 aliphatic heterocycles. The minimum absolute atomic E-state index is 0. The maximum absolute atomic E-state index is 3.22. The summed E-state index contributed by atoms with van der Waals surface area (Å²) in [6, 6.07) is 0. The van der Waals surface area contributed by atoms with E-state index in [-0.39, 0.29) is 53.0 Å². The minimum atomic E-state index is 0. The summed E-state index contributed by atoms with van der Waals surface area (Å²) in [4.78, 5) is 0. The molecule has 0 fully saturated rings. The number of hydrogen-bond acceptors (Lipinski definition) is 2. The van der Waals surface area contributed by atoms with Gasteiger partial charge in [-0.25, -0.2) is 0 Å². The Balaban J connectivity index is -0.00000000167. The van der Waals surface area contributed by atoms with Gasteiger partial charge in [-0.15, -0.1) is 23.3 Å². The molecule has 0 spiro atoms. The molecule has 0 rings (SSSR count). The van der Waals surface area contributed by atoms with Crippen molar-refractivity contribution in [1.29, 1.82) is 0 Å². The van der Waals surface area contributed by atoms with Crippen molar-refractivity contribution in [1.82, 2.24) is 0 Å². The Morgan fingerprint density at radius 2 is 0.800 bits per heavy atom. The quantitative estimate of drug-likeness (QED) is 0.279. The van der Waals surface area contributed by atoms with Gasteiger partial charge in [0.25, 0.3) is 0 Å². The molecule has 0 aromatic heterocycles. The molecule has 0 unspecified atom stereocenters. The van der Waals surface area contributed by atoms with Gasteiger partial charge in [0.1, 0.15) is 0 Å². The van der Waals surface area contributed by atoms with E-state index in [2.05, 4.69) is 23.3 Å². The fraction of sp³-hybridized carbons (Fsp3) is 0. The molecule has 0 atom stereocenters. The van der Waals surface area contributed by atoms with Crippen molar-refractivity contribution in [3.63, 3.8) is 0 Å².